The van der Waals surface area contributed by atoms with Gasteiger partial charge in [-0.05, 0) is 50.8 Å². The topological polar surface area (TPSA) is 128 Å². The van der Waals surface area contributed by atoms with Crippen molar-refractivity contribution in [2.75, 3.05) is 11.6 Å². The van der Waals surface area contributed by atoms with Crippen LogP contribution in [-0.2, 0) is 20.0 Å². The standard InChI is InChI=1S/C22H25ClN6O4S2/c1-15-3-7-18(8-4-15)35(32,33)28-11-9-19-22(28)24-14-20-25-26-21(29(19)20)16-5-6-17(13-16)27-34(30,31)12-2-10-23/h3-4,7-9,11,14,16-17,27H,2,5-6,10,12-13H2,1H3/t16?,17-/m0/s1. The van der Waals surface area contributed by atoms with Gasteiger partial charge >= 0.3 is 0 Å². The molecule has 0 radical (unpaired) electrons. The first-order valence-corrected chi connectivity index (χ1v) is 14.9. The van der Waals surface area contributed by atoms with Crippen molar-refractivity contribution in [3.8, 4) is 0 Å². The lowest BCUT2D eigenvalue weighted by atomic mass is 10.1. The zero-order valence-electron chi connectivity index (χ0n) is 19.0. The Labute approximate surface area is 208 Å². The smallest absolute Gasteiger partial charge is 0.269 e. The van der Waals surface area contributed by atoms with Crippen LogP contribution in [0.2, 0.25) is 0 Å². The van der Waals surface area contributed by atoms with Gasteiger partial charge in [-0.25, -0.2) is 30.5 Å². The van der Waals surface area contributed by atoms with Crippen LogP contribution in [0.3, 0.4) is 0 Å². The van der Waals surface area contributed by atoms with E-state index in [2.05, 4.69) is 19.9 Å². The quantitative estimate of drug-likeness (QED) is 0.343. The van der Waals surface area contributed by atoms with E-state index in [0.717, 1.165) is 12.0 Å². The molecule has 0 spiro atoms. The lowest BCUT2D eigenvalue weighted by Crippen LogP contribution is -2.34. The molecule has 1 aromatic carbocycles. The summed E-state index contributed by atoms with van der Waals surface area (Å²) in [6.45, 7) is 1.89. The molecule has 1 saturated carbocycles. The highest BCUT2D eigenvalue weighted by atomic mass is 35.5. The molecule has 5 rings (SSSR count). The molecule has 3 aromatic heterocycles. The first-order chi connectivity index (χ1) is 16.7. The van der Waals surface area contributed by atoms with Gasteiger partial charge in [0.1, 0.15) is 5.82 Å². The van der Waals surface area contributed by atoms with Crippen molar-refractivity contribution in [3.63, 3.8) is 0 Å². The minimum Gasteiger partial charge on any atom is -0.274 e. The molecule has 4 aromatic rings. The number of aromatic nitrogens is 5. The first kappa shape index (κ1) is 24.2. The second kappa shape index (κ2) is 9.16. The molecule has 1 unspecified atom stereocenters. The predicted octanol–water partition coefficient (Wildman–Crippen LogP) is 2.81. The molecule has 0 aliphatic heterocycles. The van der Waals surface area contributed by atoms with Crippen LogP contribution in [0.4, 0.5) is 0 Å². The molecular weight excluding hydrogens is 512 g/mol. The Morgan fingerprint density at radius 3 is 2.60 bits per heavy atom. The van der Waals surface area contributed by atoms with Crippen molar-refractivity contribution >= 4 is 48.5 Å². The second-order valence-electron chi connectivity index (χ2n) is 8.83. The van der Waals surface area contributed by atoms with Gasteiger partial charge in [0.15, 0.2) is 11.3 Å². The molecule has 1 aliphatic carbocycles. The highest BCUT2D eigenvalue weighted by Crippen LogP contribution is 2.35. The lowest BCUT2D eigenvalue weighted by molar-refractivity contribution is 0.546. The van der Waals surface area contributed by atoms with Crippen LogP contribution < -0.4 is 4.72 Å². The third-order valence-corrected chi connectivity index (χ3v) is 9.80. The summed E-state index contributed by atoms with van der Waals surface area (Å²) in [7, 11) is -7.24. The Bertz CT molecular complexity index is 1600. The summed E-state index contributed by atoms with van der Waals surface area (Å²) >= 11 is 5.63. The molecule has 35 heavy (non-hydrogen) atoms. The molecule has 2 atom stereocenters. The van der Waals surface area contributed by atoms with Gasteiger partial charge in [0.25, 0.3) is 10.0 Å². The van der Waals surface area contributed by atoms with Crippen LogP contribution in [0.15, 0.2) is 47.6 Å². The van der Waals surface area contributed by atoms with E-state index in [1.807, 2.05) is 11.3 Å². The molecule has 0 amide bonds. The maximum Gasteiger partial charge on any atom is 0.269 e. The minimum atomic E-state index is -3.85. The fourth-order valence-electron chi connectivity index (χ4n) is 4.61. The van der Waals surface area contributed by atoms with Crippen LogP contribution in [0.1, 0.15) is 43.0 Å². The van der Waals surface area contributed by atoms with Gasteiger partial charge in [-0.3, -0.25) is 4.40 Å². The summed E-state index contributed by atoms with van der Waals surface area (Å²) < 4.78 is 56.9. The number of sulfonamides is 1. The molecular formula is C22H25ClN6O4S2. The highest BCUT2D eigenvalue weighted by molar-refractivity contribution is 7.90. The Balaban J connectivity index is 1.48. The monoisotopic (exact) mass is 536 g/mol. The Morgan fingerprint density at radius 2 is 1.86 bits per heavy atom. The van der Waals surface area contributed by atoms with Crippen LogP contribution >= 0.6 is 11.6 Å². The van der Waals surface area contributed by atoms with Crippen LogP contribution in [0, 0.1) is 6.92 Å². The number of nitrogens with zero attached hydrogens (tertiary/aromatic N) is 5. The van der Waals surface area contributed by atoms with Crippen molar-refractivity contribution in [2.45, 2.75) is 49.5 Å². The summed E-state index contributed by atoms with van der Waals surface area (Å²) in [5.74, 6) is 0.929. The maximum atomic E-state index is 13.3. The number of nitrogens with one attached hydrogen (secondary N) is 1. The predicted molar refractivity (Wildman–Crippen MR) is 133 cm³/mol. The van der Waals surface area contributed by atoms with Crippen LogP contribution in [0.5, 0.6) is 0 Å². The SMILES string of the molecule is Cc1ccc(S(=O)(=O)n2ccc3c2ncc2nnc(C4CC[C@H](NS(=O)(=O)CCCCl)C4)n23)cc1. The number of benzene rings is 1. The largest absolute Gasteiger partial charge is 0.274 e. The van der Waals surface area contributed by atoms with Crippen LogP contribution in [0.25, 0.3) is 16.8 Å². The first-order valence-electron chi connectivity index (χ1n) is 11.3. The fourth-order valence-corrected chi connectivity index (χ4v) is 7.57. The lowest BCUT2D eigenvalue weighted by Gasteiger charge is -2.13. The molecule has 3 heterocycles. The average molecular weight is 537 g/mol. The zero-order chi connectivity index (χ0) is 24.8. The fraction of sp³-hybridized carbons (Fsp3) is 0.409. The number of hydrogen-bond donors (Lipinski definition) is 1. The molecule has 1 N–H and O–H groups in total. The Hall–Kier alpha value is -2.54. The number of aryl methyl sites for hydroxylation is 1. The third-order valence-electron chi connectivity index (χ3n) is 6.33. The molecule has 186 valence electrons. The summed E-state index contributed by atoms with van der Waals surface area (Å²) in [6, 6.07) is 8.15. The summed E-state index contributed by atoms with van der Waals surface area (Å²) in [6.07, 6.45) is 5.37. The van der Waals surface area contributed by atoms with Gasteiger partial charge < -0.3 is 0 Å². The van der Waals surface area contributed by atoms with Gasteiger partial charge in [0.05, 0.1) is 22.4 Å². The van der Waals surface area contributed by atoms with Gasteiger partial charge in [0.2, 0.25) is 10.0 Å². The van der Waals surface area contributed by atoms with E-state index >= 15 is 0 Å². The van der Waals surface area contributed by atoms with E-state index in [4.69, 9.17) is 11.6 Å². The van der Waals surface area contributed by atoms with Gasteiger partial charge in [0, 0.05) is 24.0 Å². The summed E-state index contributed by atoms with van der Waals surface area (Å²) in [4.78, 5) is 4.54. The van der Waals surface area contributed by atoms with Crippen molar-refractivity contribution in [2.24, 2.45) is 0 Å². The van der Waals surface area contributed by atoms with Crippen molar-refractivity contribution in [1.82, 2.24) is 28.3 Å². The van der Waals surface area contributed by atoms with Gasteiger partial charge in [-0.15, -0.1) is 21.8 Å². The average Bonchev–Trinajstić information content (AvgIpc) is 3.55. The van der Waals surface area contributed by atoms with Crippen molar-refractivity contribution < 1.29 is 16.8 Å². The number of fused-ring (bicyclic) bond motifs is 3. The maximum absolute atomic E-state index is 13.3. The van der Waals surface area contributed by atoms with E-state index in [1.54, 1.807) is 30.3 Å². The van der Waals surface area contributed by atoms with E-state index in [-0.39, 0.29) is 28.3 Å². The van der Waals surface area contributed by atoms with Gasteiger partial charge in [-0.1, -0.05) is 17.7 Å². The highest BCUT2D eigenvalue weighted by Gasteiger charge is 2.32. The zero-order valence-corrected chi connectivity index (χ0v) is 21.4. The summed E-state index contributed by atoms with van der Waals surface area (Å²) in [5, 5.41) is 8.60. The van der Waals surface area contributed by atoms with E-state index in [1.165, 1.54) is 16.4 Å². The number of alkyl halides is 1. The number of rotatable bonds is 8. The second-order valence-corrected chi connectivity index (χ2v) is 12.9. The van der Waals surface area contributed by atoms with E-state index < -0.39 is 20.0 Å². The van der Waals surface area contributed by atoms with Crippen molar-refractivity contribution in [3.05, 3.63) is 54.1 Å². The van der Waals surface area contributed by atoms with Crippen molar-refractivity contribution in [1.29, 1.82) is 0 Å². The molecule has 1 fully saturated rings. The molecule has 0 bridgehead atoms. The van der Waals surface area contributed by atoms with E-state index in [9.17, 15) is 16.8 Å². The molecule has 13 heteroatoms. The number of hydrogen-bond acceptors (Lipinski definition) is 7. The third kappa shape index (κ3) is 4.55. The Morgan fingerprint density at radius 1 is 1.09 bits per heavy atom. The van der Waals surface area contributed by atoms with Gasteiger partial charge in [-0.2, -0.15) is 0 Å². The van der Waals surface area contributed by atoms with Crippen LogP contribution in [-0.4, -0.2) is 58.1 Å². The molecule has 1 aliphatic rings. The Kier molecular flexibility index (Phi) is 6.32. The number of halogens is 1. The minimum absolute atomic E-state index is 0.000787. The summed E-state index contributed by atoms with van der Waals surface area (Å²) in [5.41, 5.74) is 2.32. The normalized spacial score (nSPS) is 19.1. The molecule has 0 saturated heterocycles. The van der Waals surface area contributed by atoms with E-state index in [0.29, 0.717) is 42.1 Å². The molecule has 10 nitrogen and oxygen atoms in total.